The summed E-state index contributed by atoms with van der Waals surface area (Å²) in [5, 5.41) is 3.48. The molecule has 0 saturated carbocycles. The highest BCUT2D eigenvalue weighted by atomic mass is 35.5. The van der Waals surface area contributed by atoms with Gasteiger partial charge in [0.1, 0.15) is 12.6 Å². The Bertz CT molecular complexity index is 1470. The fraction of sp³-hybridized carbons (Fsp3) is 0.355. The van der Waals surface area contributed by atoms with E-state index in [0.29, 0.717) is 22.9 Å². The summed E-state index contributed by atoms with van der Waals surface area (Å²) in [7, 11) is -1.30. The minimum absolute atomic E-state index is 0.00866. The van der Waals surface area contributed by atoms with E-state index in [1.807, 2.05) is 27.7 Å². The van der Waals surface area contributed by atoms with Crippen molar-refractivity contribution in [3.05, 3.63) is 83.4 Å². The Balaban J connectivity index is 2.11. The second-order valence-electron chi connectivity index (χ2n) is 10.7. The molecule has 0 bridgehead atoms. The Hall–Kier alpha value is -3.76. The number of rotatable bonds is 12. The van der Waals surface area contributed by atoms with Gasteiger partial charge in [0.15, 0.2) is 11.5 Å². The normalized spacial score (nSPS) is 12.3. The predicted octanol–water partition coefficient (Wildman–Crippen LogP) is 5.27. The molecule has 0 aromatic heterocycles. The van der Waals surface area contributed by atoms with Crippen molar-refractivity contribution >= 4 is 39.1 Å². The van der Waals surface area contributed by atoms with Crippen molar-refractivity contribution in [2.75, 3.05) is 25.1 Å². The summed E-state index contributed by atoms with van der Waals surface area (Å²) < 4.78 is 39.7. The van der Waals surface area contributed by atoms with E-state index in [1.54, 1.807) is 54.6 Å². The minimum atomic E-state index is -4.22. The number of amides is 2. The zero-order valence-electron chi connectivity index (χ0n) is 24.8. The number of halogens is 1. The Morgan fingerprint density at radius 1 is 0.929 bits per heavy atom. The average Bonchev–Trinajstić information content (AvgIpc) is 2.95. The van der Waals surface area contributed by atoms with Crippen molar-refractivity contribution in [3.8, 4) is 11.5 Å². The van der Waals surface area contributed by atoms with Crippen LogP contribution in [0.3, 0.4) is 0 Å². The highest BCUT2D eigenvalue weighted by molar-refractivity contribution is 7.92. The third kappa shape index (κ3) is 8.17. The number of carbonyl (C=O) groups is 2. The zero-order chi connectivity index (χ0) is 31.1. The highest BCUT2D eigenvalue weighted by Crippen LogP contribution is 2.34. The standard InChI is InChI=1S/C31H38ClN3O6S/c1-7-26(30(37)33-31(2,3)4)34(20-22-13-15-23(32)16-14-22)29(36)21-35(42(38,39)25-11-9-8-10-12-25)24-17-18-27(40-5)28(19-24)41-6/h8-19,26H,7,20-21H2,1-6H3,(H,33,37). The molecule has 1 N–H and O–H groups in total. The van der Waals surface area contributed by atoms with Crippen LogP contribution in [0.5, 0.6) is 11.5 Å². The lowest BCUT2D eigenvalue weighted by atomic mass is 10.1. The Kier molecular flexibility index (Phi) is 10.9. The number of hydrogen-bond acceptors (Lipinski definition) is 6. The van der Waals surface area contributed by atoms with Gasteiger partial charge < -0.3 is 19.7 Å². The van der Waals surface area contributed by atoms with E-state index < -0.39 is 34.1 Å². The maximum atomic E-state index is 14.2. The van der Waals surface area contributed by atoms with Crippen LogP contribution in [0.25, 0.3) is 0 Å². The molecule has 3 rings (SSSR count). The molecule has 1 atom stereocenters. The molecule has 0 heterocycles. The van der Waals surface area contributed by atoms with Gasteiger partial charge in [0.25, 0.3) is 10.0 Å². The molecule has 42 heavy (non-hydrogen) atoms. The van der Waals surface area contributed by atoms with E-state index in [9.17, 15) is 18.0 Å². The Labute approximate surface area is 253 Å². The second kappa shape index (κ2) is 13.9. The van der Waals surface area contributed by atoms with Gasteiger partial charge in [0.05, 0.1) is 24.8 Å². The number of carbonyl (C=O) groups excluding carboxylic acids is 2. The van der Waals surface area contributed by atoms with Crippen molar-refractivity contribution < 1.29 is 27.5 Å². The van der Waals surface area contributed by atoms with E-state index in [1.165, 1.54) is 37.3 Å². The number of nitrogens with one attached hydrogen (secondary N) is 1. The van der Waals surface area contributed by atoms with Crippen molar-refractivity contribution in [2.45, 2.75) is 57.1 Å². The maximum Gasteiger partial charge on any atom is 0.264 e. The Morgan fingerprint density at radius 2 is 1.55 bits per heavy atom. The van der Waals surface area contributed by atoms with Crippen LogP contribution in [-0.4, -0.2) is 57.5 Å². The number of hydrogen-bond donors (Lipinski definition) is 1. The van der Waals surface area contributed by atoms with Crippen LogP contribution in [0.15, 0.2) is 77.7 Å². The molecule has 0 aliphatic carbocycles. The third-order valence-electron chi connectivity index (χ3n) is 6.42. The molecule has 0 radical (unpaired) electrons. The molecule has 3 aromatic carbocycles. The molecule has 0 aliphatic heterocycles. The minimum Gasteiger partial charge on any atom is -0.493 e. The van der Waals surface area contributed by atoms with Crippen LogP contribution >= 0.6 is 11.6 Å². The number of sulfonamides is 1. The maximum absolute atomic E-state index is 14.2. The summed E-state index contributed by atoms with van der Waals surface area (Å²) in [6.45, 7) is 6.87. The lowest BCUT2D eigenvalue weighted by molar-refractivity contribution is -0.141. The van der Waals surface area contributed by atoms with E-state index in [-0.39, 0.29) is 23.0 Å². The van der Waals surface area contributed by atoms with Crippen molar-refractivity contribution in [3.63, 3.8) is 0 Å². The summed E-state index contributed by atoms with van der Waals surface area (Å²) >= 11 is 6.08. The van der Waals surface area contributed by atoms with Crippen LogP contribution < -0.4 is 19.1 Å². The summed E-state index contributed by atoms with van der Waals surface area (Å²) in [6.07, 6.45) is 0.309. The van der Waals surface area contributed by atoms with Gasteiger partial charge in [-0.3, -0.25) is 13.9 Å². The van der Waals surface area contributed by atoms with E-state index in [2.05, 4.69) is 5.32 Å². The first-order valence-electron chi connectivity index (χ1n) is 13.5. The summed E-state index contributed by atoms with van der Waals surface area (Å²) in [5.74, 6) is -0.199. The van der Waals surface area contributed by atoms with Crippen LogP contribution in [0.4, 0.5) is 5.69 Å². The predicted molar refractivity (Wildman–Crippen MR) is 164 cm³/mol. The fourth-order valence-corrected chi connectivity index (χ4v) is 5.94. The van der Waals surface area contributed by atoms with Gasteiger partial charge in [-0.1, -0.05) is 48.9 Å². The number of ether oxygens (including phenoxy) is 2. The third-order valence-corrected chi connectivity index (χ3v) is 8.46. The average molecular weight is 616 g/mol. The van der Waals surface area contributed by atoms with Crippen LogP contribution in [0.1, 0.15) is 39.7 Å². The largest absolute Gasteiger partial charge is 0.493 e. The van der Waals surface area contributed by atoms with E-state index in [4.69, 9.17) is 21.1 Å². The molecular weight excluding hydrogens is 578 g/mol. The first-order chi connectivity index (χ1) is 19.8. The molecule has 9 nitrogen and oxygen atoms in total. The number of nitrogens with zero attached hydrogens (tertiary/aromatic N) is 2. The molecule has 2 amide bonds. The summed E-state index contributed by atoms with van der Waals surface area (Å²) in [6, 6.07) is 18.5. The Morgan fingerprint density at radius 3 is 2.10 bits per heavy atom. The zero-order valence-corrected chi connectivity index (χ0v) is 26.3. The topological polar surface area (TPSA) is 105 Å². The van der Waals surface area contributed by atoms with Crippen molar-refractivity contribution in [1.29, 1.82) is 0 Å². The number of anilines is 1. The summed E-state index contributed by atoms with van der Waals surface area (Å²) in [5.41, 5.74) is 0.392. The van der Waals surface area contributed by atoms with Gasteiger partial charge in [-0.2, -0.15) is 0 Å². The van der Waals surface area contributed by atoms with Gasteiger partial charge >= 0.3 is 0 Å². The smallest absolute Gasteiger partial charge is 0.264 e. The summed E-state index contributed by atoms with van der Waals surface area (Å²) in [4.78, 5) is 29.0. The molecule has 0 aliphatic rings. The molecule has 0 saturated heterocycles. The van der Waals surface area contributed by atoms with Crippen LogP contribution in [-0.2, 0) is 26.2 Å². The van der Waals surface area contributed by atoms with Crippen molar-refractivity contribution in [1.82, 2.24) is 10.2 Å². The first-order valence-corrected chi connectivity index (χ1v) is 15.3. The SMILES string of the molecule is CCC(C(=O)NC(C)(C)C)N(Cc1ccc(Cl)cc1)C(=O)CN(c1ccc(OC)c(OC)c1)S(=O)(=O)c1ccccc1. The van der Waals surface area contributed by atoms with Gasteiger partial charge in [-0.25, -0.2) is 8.42 Å². The quantitative estimate of drug-likeness (QED) is 0.297. The fourth-order valence-electron chi connectivity index (χ4n) is 4.39. The first kappa shape index (κ1) is 32.8. The second-order valence-corrected chi connectivity index (χ2v) is 13.0. The molecule has 1 unspecified atom stereocenters. The molecule has 0 spiro atoms. The highest BCUT2D eigenvalue weighted by Gasteiger charge is 2.35. The lowest BCUT2D eigenvalue weighted by Gasteiger charge is -2.35. The van der Waals surface area contributed by atoms with Crippen molar-refractivity contribution in [2.24, 2.45) is 0 Å². The number of benzene rings is 3. The molecule has 11 heteroatoms. The van der Waals surface area contributed by atoms with Crippen LogP contribution in [0.2, 0.25) is 5.02 Å². The molecular formula is C31H38ClN3O6S. The van der Waals surface area contributed by atoms with Gasteiger partial charge in [-0.15, -0.1) is 0 Å². The molecule has 3 aromatic rings. The van der Waals surface area contributed by atoms with E-state index >= 15 is 0 Å². The van der Waals surface area contributed by atoms with Gasteiger partial charge in [-0.05, 0) is 69.2 Å². The van der Waals surface area contributed by atoms with Crippen LogP contribution in [0, 0.1) is 0 Å². The monoisotopic (exact) mass is 615 g/mol. The molecule has 0 fully saturated rings. The van der Waals surface area contributed by atoms with Gasteiger partial charge in [0, 0.05) is 23.2 Å². The van der Waals surface area contributed by atoms with E-state index in [0.717, 1.165) is 9.87 Å². The lowest BCUT2D eigenvalue weighted by Crippen LogP contribution is -2.55. The molecule has 226 valence electrons. The van der Waals surface area contributed by atoms with Gasteiger partial charge in [0.2, 0.25) is 11.8 Å². The number of methoxy groups -OCH3 is 2.